The third kappa shape index (κ3) is 8.43. The number of carbonyl (C=O) groups is 1. The van der Waals surface area contributed by atoms with Crippen LogP contribution in [0.2, 0.25) is 0 Å². The molecule has 3 rings (SSSR count). The third-order valence-electron chi connectivity index (χ3n) is 5.43. The van der Waals surface area contributed by atoms with Crippen LogP contribution >= 0.6 is 24.0 Å². The number of carbonyl (C=O) groups excluding carboxylic acids is 1. The smallest absolute Gasteiger partial charge is 0.223 e. The number of nitrogens with zero attached hydrogens (tertiary/aromatic N) is 2. The number of ether oxygens (including phenoxy) is 1. The van der Waals surface area contributed by atoms with Crippen molar-refractivity contribution < 1.29 is 9.53 Å². The Kier molecular flexibility index (Phi) is 11.5. The average molecular weight is 550 g/mol. The molecule has 2 aromatic rings. The summed E-state index contributed by atoms with van der Waals surface area (Å²) in [5.41, 5.74) is 3.57. The molecule has 0 saturated carbocycles. The van der Waals surface area contributed by atoms with Crippen LogP contribution in [-0.4, -0.2) is 50.1 Å². The van der Waals surface area contributed by atoms with Gasteiger partial charge in [0.1, 0.15) is 0 Å². The Morgan fingerprint density at radius 3 is 2.59 bits per heavy atom. The minimum Gasteiger partial charge on any atom is -0.380 e. The van der Waals surface area contributed by atoms with Gasteiger partial charge in [-0.25, -0.2) is 4.99 Å². The summed E-state index contributed by atoms with van der Waals surface area (Å²) in [6, 6.07) is 18.6. The van der Waals surface area contributed by atoms with Crippen LogP contribution in [0, 0.1) is 5.92 Å². The molecule has 2 aromatic carbocycles. The zero-order chi connectivity index (χ0) is 21.9. The summed E-state index contributed by atoms with van der Waals surface area (Å²) >= 11 is 0. The molecule has 7 heteroatoms. The summed E-state index contributed by atoms with van der Waals surface area (Å²) in [7, 11) is 1.70. The first-order valence-corrected chi connectivity index (χ1v) is 11.1. The largest absolute Gasteiger partial charge is 0.380 e. The second-order valence-corrected chi connectivity index (χ2v) is 7.97. The molecule has 0 spiro atoms. The van der Waals surface area contributed by atoms with Crippen molar-refractivity contribution in [2.45, 2.75) is 32.9 Å². The Hall–Kier alpha value is -2.13. The van der Waals surface area contributed by atoms with Gasteiger partial charge in [-0.3, -0.25) is 4.79 Å². The highest BCUT2D eigenvalue weighted by Crippen LogP contribution is 2.17. The fourth-order valence-corrected chi connectivity index (χ4v) is 3.85. The molecule has 174 valence electrons. The lowest BCUT2D eigenvalue weighted by Gasteiger charge is -2.18. The van der Waals surface area contributed by atoms with E-state index in [4.69, 9.17) is 9.73 Å². The molecule has 0 bridgehead atoms. The van der Waals surface area contributed by atoms with Crippen molar-refractivity contribution in [2.75, 3.05) is 33.3 Å². The zero-order valence-electron chi connectivity index (χ0n) is 19.0. The number of rotatable bonds is 10. The highest BCUT2D eigenvalue weighted by atomic mass is 127. The van der Waals surface area contributed by atoms with E-state index in [2.05, 4.69) is 47.9 Å². The number of likely N-dealkylation sites (tertiary alicyclic amines) is 1. The summed E-state index contributed by atoms with van der Waals surface area (Å²) in [5, 5.41) is 6.72. The molecule has 6 nitrogen and oxygen atoms in total. The molecule has 0 aromatic heterocycles. The van der Waals surface area contributed by atoms with Crippen molar-refractivity contribution in [3.63, 3.8) is 0 Å². The lowest BCUT2D eigenvalue weighted by molar-refractivity contribution is -0.127. The van der Waals surface area contributed by atoms with E-state index in [1.165, 1.54) is 5.56 Å². The van der Waals surface area contributed by atoms with Crippen LogP contribution in [0.1, 0.15) is 30.0 Å². The first-order valence-electron chi connectivity index (χ1n) is 11.1. The Balaban J connectivity index is 0.00000363. The maximum absolute atomic E-state index is 12.4. The topological polar surface area (TPSA) is 66.0 Å². The molecule has 1 aliphatic rings. The minimum absolute atomic E-state index is 0. The second-order valence-electron chi connectivity index (χ2n) is 7.97. The summed E-state index contributed by atoms with van der Waals surface area (Å²) in [4.78, 5) is 19.1. The molecule has 32 heavy (non-hydrogen) atoms. The van der Waals surface area contributed by atoms with Gasteiger partial charge < -0.3 is 20.3 Å². The molecule has 2 N–H and O–H groups in total. The van der Waals surface area contributed by atoms with Gasteiger partial charge in [-0.1, -0.05) is 54.6 Å². The highest BCUT2D eigenvalue weighted by molar-refractivity contribution is 14.0. The summed E-state index contributed by atoms with van der Waals surface area (Å²) < 4.78 is 5.21. The number of nitrogens with one attached hydrogen (secondary N) is 2. The molecule has 0 radical (unpaired) electrons. The summed E-state index contributed by atoms with van der Waals surface area (Å²) in [6.07, 6.45) is 1.50. The van der Waals surface area contributed by atoms with E-state index in [1.54, 1.807) is 7.11 Å². The van der Waals surface area contributed by atoms with Gasteiger partial charge in [0.2, 0.25) is 5.91 Å². The van der Waals surface area contributed by atoms with Gasteiger partial charge in [0.25, 0.3) is 0 Å². The summed E-state index contributed by atoms with van der Waals surface area (Å²) in [6.45, 7) is 6.38. The summed E-state index contributed by atoms with van der Waals surface area (Å²) in [5.74, 6) is 1.34. The Labute approximate surface area is 208 Å². The van der Waals surface area contributed by atoms with Gasteiger partial charge >= 0.3 is 0 Å². The van der Waals surface area contributed by atoms with Crippen LogP contribution in [0.3, 0.4) is 0 Å². The van der Waals surface area contributed by atoms with Gasteiger partial charge in [-0.05, 0) is 30.0 Å². The van der Waals surface area contributed by atoms with Crippen molar-refractivity contribution in [3.8, 4) is 0 Å². The quantitative estimate of drug-likeness (QED) is 0.270. The fourth-order valence-electron chi connectivity index (χ4n) is 3.85. The lowest BCUT2D eigenvalue weighted by atomic mass is 10.1. The lowest BCUT2D eigenvalue weighted by Crippen LogP contribution is -2.40. The Morgan fingerprint density at radius 2 is 1.84 bits per heavy atom. The van der Waals surface area contributed by atoms with Gasteiger partial charge in [0.15, 0.2) is 5.96 Å². The molecule has 1 amide bonds. The minimum atomic E-state index is 0. The van der Waals surface area contributed by atoms with Crippen molar-refractivity contribution >= 4 is 35.8 Å². The highest BCUT2D eigenvalue weighted by Gasteiger charge is 2.29. The first kappa shape index (κ1) is 26.1. The number of aliphatic imine (C=N–C) groups is 1. The van der Waals surface area contributed by atoms with E-state index in [1.807, 2.05) is 29.2 Å². The number of hydrogen-bond acceptors (Lipinski definition) is 3. The molecule has 1 heterocycles. The predicted molar refractivity (Wildman–Crippen MR) is 140 cm³/mol. The molecule has 1 saturated heterocycles. The van der Waals surface area contributed by atoms with Gasteiger partial charge in [-0.15, -0.1) is 24.0 Å². The fraction of sp³-hybridized carbons (Fsp3) is 0.440. The van der Waals surface area contributed by atoms with Crippen LogP contribution in [0.4, 0.5) is 0 Å². The Bertz CT molecular complexity index is 860. The van der Waals surface area contributed by atoms with Crippen LogP contribution in [0.5, 0.6) is 0 Å². The Morgan fingerprint density at radius 1 is 1.09 bits per heavy atom. The predicted octanol–water partition coefficient (Wildman–Crippen LogP) is 3.60. The maximum atomic E-state index is 12.4. The van der Waals surface area contributed by atoms with Crippen molar-refractivity contribution in [1.82, 2.24) is 15.5 Å². The maximum Gasteiger partial charge on any atom is 0.223 e. The van der Waals surface area contributed by atoms with Crippen LogP contribution in [-0.2, 0) is 29.1 Å². The molecular formula is C25H35IN4O2. The van der Waals surface area contributed by atoms with Gasteiger partial charge in [0, 0.05) is 45.6 Å². The molecule has 1 atom stereocenters. The van der Waals surface area contributed by atoms with E-state index in [-0.39, 0.29) is 29.9 Å². The van der Waals surface area contributed by atoms with Gasteiger partial charge in [0.05, 0.1) is 13.2 Å². The molecule has 1 unspecified atom stereocenters. The monoisotopic (exact) mass is 550 g/mol. The first-order chi connectivity index (χ1) is 15.2. The van der Waals surface area contributed by atoms with E-state index >= 15 is 0 Å². The number of methoxy groups -OCH3 is 1. The van der Waals surface area contributed by atoms with Crippen LogP contribution in [0.25, 0.3) is 0 Å². The average Bonchev–Trinajstić information content (AvgIpc) is 3.15. The van der Waals surface area contributed by atoms with Crippen LogP contribution in [0.15, 0.2) is 59.6 Å². The standard InChI is InChI=1S/C25H34N4O2.HI/c1-3-26-25(27-16-21-10-7-11-22(14-21)19-31-2)28-17-23-15-24(30)29(18-23)13-12-20-8-5-4-6-9-20;/h4-11,14,23H,3,12-13,15-19H2,1-2H3,(H2,26,27,28);1H. The molecular weight excluding hydrogens is 515 g/mol. The normalized spacial score (nSPS) is 16.1. The van der Waals surface area contributed by atoms with Crippen molar-refractivity contribution in [2.24, 2.45) is 10.9 Å². The number of hydrogen-bond donors (Lipinski definition) is 2. The van der Waals surface area contributed by atoms with Crippen molar-refractivity contribution in [1.29, 1.82) is 0 Å². The molecule has 0 aliphatic carbocycles. The van der Waals surface area contributed by atoms with Crippen LogP contribution < -0.4 is 10.6 Å². The van der Waals surface area contributed by atoms with E-state index in [9.17, 15) is 4.79 Å². The third-order valence-corrected chi connectivity index (χ3v) is 5.43. The number of guanidine groups is 1. The zero-order valence-corrected chi connectivity index (χ0v) is 21.4. The SMILES string of the molecule is CCNC(=NCc1cccc(COC)c1)NCC1CC(=O)N(CCc2ccccc2)C1.I. The van der Waals surface area contributed by atoms with Gasteiger partial charge in [-0.2, -0.15) is 0 Å². The molecule has 1 aliphatic heterocycles. The number of benzene rings is 2. The van der Waals surface area contributed by atoms with E-state index in [0.29, 0.717) is 25.5 Å². The van der Waals surface area contributed by atoms with E-state index < -0.39 is 0 Å². The van der Waals surface area contributed by atoms with E-state index in [0.717, 1.165) is 49.7 Å². The second kappa shape index (κ2) is 14.1. The molecule has 1 fully saturated rings. The van der Waals surface area contributed by atoms with Crippen molar-refractivity contribution in [3.05, 3.63) is 71.3 Å². The number of halogens is 1. The number of amides is 1.